The van der Waals surface area contributed by atoms with E-state index < -0.39 is 17.2 Å². The molecule has 0 bridgehead atoms. The third-order valence-electron chi connectivity index (χ3n) is 2.22. The first-order valence-corrected chi connectivity index (χ1v) is 4.86. The molecule has 2 N–H and O–H groups in total. The highest BCUT2D eigenvalue weighted by Crippen LogP contribution is 2.25. The van der Waals surface area contributed by atoms with Gasteiger partial charge in [0.25, 0.3) is 0 Å². The monoisotopic (exact) mass is 215 g/mol. The molecule has 15 heavy (non-hydrogen) atoms. The number of aliphatic hydroxyl groups is 1. The van der Waals surface area contributed by atoms with E-state index in [0.29, 0.717) is 6.54 Å². The second-order valence-electron chi connectivity index (χ2n) is 3.65. The summed E-state index contributed by atoms with van der Waals surface area (Å²) >= 11 is 0. The van der Waals surface area contributed by atoms with Gasteiger partial charge in [-0.05, 0) is 25.6 Å². The number of rotatable bonds is 4. The maximum atomic E-state index is 13.3. The van der Waals surface area contributed by atoms with Crippen molar-refractivity contribution in [1.82, 2.24) is 5.32 Å². The second kappa shape index (κ2) is 4.68. The smallest absolute Gasteiger partial charge is 0.132 e. The topological polar surface area (TPSA) is 32.3 Å². The third-order valence-corrected chi connectivity index (χ3v) is 2.22. The van der Waals surface area contributed by atoms with Crippen LogP contribution in [-0.4, -0.2) is 18.2 Å². The molecule has 4 heteroatoms. The molecule has 0 spiro atoms. The average molecular weight is 215 g/mol. The van der Waals surface area contributed by atoms with E-state index in [-0.39, 0.29) is 12.1 Å². The van der Waals surface area contributed by atoms with E-state index in [2.05, 4.69) is 5.32 Å². The third kappa shape index (κ3) is 2.73. The molecule has 1 rings (SSSR count). The second-order valence-corrected chi connectivity index (χ2v) is 3.65. The van der Waals surface area contributed by atoms with Gasteiger partial charge < -0.3 is 10.4 Å². The van der Waals surface area contributed by atoms with Crippen LogP contribution >= 0.6 is 0 Å². The lowest BCUT2D eigenvalue weighted by Gasteiger charge is -2.24. The molecule has 84 valence electrons. The van der Waals surface area contributed by atoms with E-state index in [1.165, 1.54) is 13.0 Å². The van der Waals surface area contributed by atoms with Crippen LogP contribution in [0, 0.1) is 11.6 Å². The standard InChI is InChI=1S/C11H15F2NO/c1-3-14-7-11(2,15)10-8(12)5-4-6-9(10)13/h4-6,14-15H,3,7H2,1-2H3. The minimum absolute atomic E-state index is 0.112. The van der Waals surface area contributed by atoms with Crippen LogP contribution in [0.25, 0.3) is 0 Å². The van der Waals surface area contributed by atoms with Crippen LogP contribution < -0.4 is 5.32 Å². The van der Waals surface area contributed by atoms with E-state index >= 15 is 0 Å². The first-order chi connectivity index (χ1) is 6.99. The van der Waals surface area contributed by atoms with Crippen LogP contribution in [0.4, 0.5) is 8.78 Å². The zero-order valence-electron chi connectivity index (χ0n) is 8.85. The SMILES string of the molecule is CCNCC(C)(O)c1c(F)cccc1F. The molecule has 0 saturated heterocycles. The van der Waals surface area contributed by atoms with Gasteiger partial charge in [0.15, 0.2) is 0 Å². The number of hydrogen-bond donors (Lipinski definition) is 2. The zero-order chi connectivity index (χ0) is 11.5. The van der Waals surface area contributed by atoms with Crippen LogP contribution in [0.15, 0.2) is 18.2 Å². The molecule has 0 aliphatic carbocycles. The van der Waals surface area contributed by atoms with Gasteiger partial charge in [-0.2, -0.15) is 0 Å². The number of nitrogens with one attached hydrogen (secondary N) is 1. The van der Waals surface area contributed by atoms with Crippen LogP contribution in [0.3, 0.4) is 0 Å². The van der Waals surface area contributed by atoms with E-state index in [1.54, 1.807) is 0 Å². The van der Waals surface area contributed by atoms with E-state index in [9.17, 15) is 13.9 Å². The summed E-state index contributed by atoms with van der Waals surface area (Å²) in [5.74, 6) is -1.45. The molecule has 0 heterocycles. The normalized spacial score (nSPS) is 15.0. The Kier molecular flexibility index (Phi) is 3.77. The molecule has 0 aromatic heterocycles. The summed E-state index contributed by atoms with van der Waals surface area (Å²) in [5.41, 5.74) is -1.82. The summed E-state index contributed by atoms with van der Waals surface area (Å²) in [4.78, 5) is 0. The van der Waals surface area contributed by atoms with Gasteiger partial charge in [-0.1, -0.05) is 13.0 Å². The molecule has 1 atom stereocenters. The number of benzene rings is 1. The number of halogens is 2. The molecule has 1 aromatic rings. The van der Waals surface area contributed by atoms with Gasteiger partial charge in [-0.15, -0.1) is 0 Å². The molecule has 0 amide bonds. The van der Waals surface area contributed by atoms with Gasteiger partial charge in [-0.25, -0.2) is 8.78 Å². The lowest BCUT2D eigenvalue weighted by molar-refractivity contribution is 0.0499. The Morgan fingerprint density at radius 2 is 1.87 bits per heavy atom. The fourth-order valence-electron chi connectivity index (χ4n) is 1.47. The van der Waals surface area contributed by atoms with Crippen molar-refractivity contribution in [1.29, 1.82) is 0 Å². The van der Waals surface area contributed by atoms with Crippen molar-refractivity contribution in [3.05, 3.63) is 35.4 Å². The molecule has 0 aliphatic heterocycles. The van der Waals surface area contributed by atoms with E-state index in [1.807, 2.05) is 6.92 Å². The Balaban J connectivity index is 3.03. The first-order valence-electron chi connectivity index (χ1n) is 4.86. The summed E-state index contributed by atoms with van der Waals surface area (Å²) in [7, 11) is 0. The molecule has 2 nitrogen and oxygen atoms in total. The number of likely N-dealkylation sites (N-methyl/N-ethyl adjacent to an activating group) is 1. The lowest BCUT2D eigenvalue weighted by Crippen LogP contribution is -2.36. The fraction of sp³-hybridized carbons (Fsp3) is 0.455. The van der Waals surface area contributed by atoms with Crippen molar-refractivity contribution < 1.29 is 13.9 Å². The number of hydrogen-bond acceptors (Lipinski definition) is 2. The highest BCUT2D eigenvalue weighted by molar-refractivity contribution is 5.25. The predicted octanol–water partition coefficient (Wildman–Crippen LogP) is 1.78. The summed E-state index contributed by atoms with van der Waals surface area (Å²) in [5, 5.41) is 12.8. The summed E-state index contributed by atoms with van der Waals surface area (Å²) in [6.45, 7) is 3.98. The van der Waals surface area contributed by atoms with Gasteiger partial charge in [0.05, 0.1) is 5.56 Å². The van der Waals surface area contributed by atoms with E-state index in [4.69, 9.17) is 0 Å². The lowest BCUT2D eigenvalue weighted by atomic mass is 9.95. The van der Waals surface area contributed by atoms with Crippen molar-refractivity contribution in [3.8, 4) is 0 Å². The van der Waals surface area contributed by atoms with Crippen molar-refractivity contribution in [2.75, 3.05) is 13.1 Å². The van der Waals surface area contributed by atoms with Crippen molar-refractivity contribution in [2.24, 2.45) is 0 Å². The van der Waals surface area contributed by atoms with Gasteiger partial charge in [0.2, 0.25) is 0 Å². The van der Waals surface area contributed by atoms with Gasteiger partial charge in [0.1, 0.15) is 17.2 Å². The molecule has 1 unspecified atom stereocenters. The van der Waals surface area contributed by atoms with Crippen molar-refractivity contribution in [3.63, 3.8) is 0 Å². The van der Waals surface area contributed by atoms with Gasteiger partial charge >= 0.3 is 0 Å². The van der Waals surface area contributed by atoms with Crippen LogP contribution in [0.2, 0.25) is 0 Å². The molecular weight excluding hydrogens is 200 g/mol. The van der Waals surface area contributed by atoms with Crippen molar-refractivity contribution in [2.45, 2.75) is 19.4 Å². The molecule has 0 radical (unpaired) electrons. The minimum Gasteiger partial charge on any atom is -0.384 e. The molecule has 0 fully saturated rings. The maximum Gasteiger partial charge on any atom is 0.132 e. The largest absolute Gasteiger partial charge is 0.384 e. The minimum atomic E-state index is -1.54. The molecule has 0 saturated carbocycles. The fourth-order valence-corrected chi connectivity index (χ4v) is 1.47. The van der Waals surface area contributed by atoms with Gasteiger partial charge in [0, 0.05) is 6.54 Å². The summed E-state index contributed by atoms with van der Waals surface area (Å²) in [6, 6.07) is 3.55. The summed E-state index contributed by atoms with van der Waals surface area (Å²) < 4.78 is 26.7. The van der Waals surface area contributed by atoms with Crippen LogP contribution in [-0.2, 0) is 5.60 Å². The Bertz CT molecular complexity index is 319. The first kappa shape index (κ1) is 12.1. The van der Waals surface area contributed by atoms with Crippen LogP contribution in [0.1, 0.15) is 19.4 Å². The Morgan fingerprint density at radius 1 is 1.33 bits per heavy atom. The van der Waals surface area contributed by atoms with Gasteiger partial charge in [-0.3, -0.25) is 0 Å². The average Bonchev–Trinajstić information content (AvgIpc) is 2.14. The zero-order valence-corrected chi connectivity index (χ0v) is 8.85. The quantitative estimate of drug-likeness (QED) is 0.802. The maximum absolute atomic E-state index is 13.3. The van der Waals surface area contributed by atoms with E-state index in [0.717, 1.165) is 12.1 Å². The highest BCUT2D eigenvalue weighted by Gasteiger charge is 2.29. The summed E-state index contributed by atoms with van der Waals surface area (Å²) in [6.07, 6.45) is 0. The highest BCUT2D eigenvalue weighted by atomic mass is 19.1. The Hall–Kier alpha value is -1.00. The Labute approximate surface area is 87.9 Å². The Morgan fingerprint density at radius 3 is 2.33 bits per heavy atom. The van der Waals surface area contributed by atoms with Crippen molar-refractivity contribution >= 4 is 0 Å². The molecule has 0 aliphatic rings. The predicted molar refractivity (Wildman–Crippen MR) is 54.5 cm³/mol. The molecule has 1 aromatic carbocycles. The van der Waals surface area contributed by atoms with Crippen LogP contribution in [0.5, 0.6) is 0 Å². The molecular formula is C11H15F2NO.